The van der Waals surface area contributed by atoms with Gasteiger partial charge in [-0.05, 0) is 54.5 Å². The first kappa shape index (κ1) is 29.8. The van der Waals surface area contributed by atoms with Crippen LogP contribution >= 0.6 is 11.3 Å². The quantitative estimate of drug-likeness (QED) is 0.125. The largest absolute Gasteiger partial charge is 0.373 e. The average molecular weight is 574 g/mol. The van der Waals surface area contributed by atoms with E-state index >= 15 is 0 Å². The van der Waals surface area contributed by atoms with Gasteiger partial charge in [-0.2, -0.15) is 5.10 Å². The number of carbonyl (C=O) groups excluding carboxylic acids is 2. The summed E-state index contributed by atoms with van der Waals surface area (Å²) in [7, 11) is 0. The monoisotopic (exact) mass is 573 g/mol. The molecule has 4 rings (SSSR count). The molecule has 214 valence electrons. The van der Waals surface area contributed by atoms with Crippen LogP contribution in [-0.2, 0) is 41.7 Å². The highest BCUT2D eigenvalue weighted by molar-refractivity contribution is 7.15. The second-order valence-corrected chi connectivity index (χ2v) is 10.8. The molecule has 0 bridgehead atoms. The number of benzene rings is 2. The first-order valence-corrected chi connectivity index (χ1v) is 14.5. The lowest BCUT2D eigenvalue weighted by molar-refractivity contribution is -0.119. The van der Waals surface area contributed by atoms with Crippen molar-refractivity contribution in [1.82, 2.24) is 25.7 Å². The highest BCUT2D eigenvalue weighted by Crippen LogP contribution is 2.19. The molecular formula is C30H35N7O3S. The summed E-state index contributed by atoms with van der Waals surface area (Å²) in [6, 6.07) is 21.2. The third-order valence-corrected chi connectivity index (χ3v) is 7.15. The Morgan fingerprint density at radius 1 is 0.854 bits per heavy atom. The molecule has 0 fully saturated rings. The van der Waals surface area contributed by atoms with Gasteiger partial charge in [-0.25, -0.2) is 0 Å². The van der Waals surface area contributed by atoms with E-state index in [0.29, 0.717) is 30.3 Å². The summed E-state index contributed by atoms with van der Waals surface area (Å²) in [6.45, 7) is 2.09. The molecule has 0 saturated heterocycles. The molecule has 10 nitrogen and oxygen atoms in total. The number of hydrogen-bond donors (Lipinski definition) is 4. The zero-order chi connectivity index (χ0) is 28.9. The van der Waals surface area contributed by atoms with Crippen LogP contribution in [-0.4, -0.2) is 50.1 Å². The molecule has 0 spiro atoms. The van der Waals surface area contributed by atoms with Crippen molar-refractivity contribution in [2.24, 2.45) is 0 Å². The van der Waals surface area contributed by atoms with Gasteiger partial charge in [0.2, 0.25) is 16.9 Å². The summed E-state index contributed by atoms with van der Waals surface area (Å²) in [5.74, 6) is 0.279. The van der Waals surface area contributed by atoms with Crippen molar-refractivity contribution in [2.75, 3.05) is 17.2 Å². The van der Waals surface area contributed by atoms with Gasteiger partial charge in [0.1, 0.15) is 11.2 Å². The standard InChI is InChI=1S/C30H35N7O3S/c1-21(38)31-17-16-23-10-7-11-24(18-23)20-28(40)33-30-37-36-29(41-30)13-6-5-12-25-14-15-26(35-34-25)32-27(39)19-22-8-3-2-4-9-22/h2-4,7-11,14-15,18,28,40H,5-6,12-13,16-17,19-20H2,1H3,(H,31,38)(H,33,37)(H,32,35,39). The van der Waals surface area contributed by atoms with E-state index in [1.54, 1.807) is 6.07 Å². The van der Waals surface area contributed by atoms with Crippen molar-refractivity contribution < 1.29 is 14.7 Å². The maximum Gasteiger partial charge on any atom is 0.229 e. The summed E-state index contributed by atoms with van der Waals surface area (Å²) in [5.41, 5.74) is 3.92. The average Bonchev–Trinajstić information content (AvgIpc) is 3.39. The number of aliphatic hydroxyl groups excluding tert-OH is 1. The van der Waals surface area contributed by atoms with Gasteiger partial charge in [0.25, 0.3) is 0 Å². The Balaban J connectivity index is 1.14. The van der Waals surface area contributed by atoms with E-state index in [2.05, 4.69) is 36.3 Å². The molecule has 41 heavy (non-hydrogen) atoms. The number of amides is 2. The maximum absolute atomic E-state index is 12.2. The lowest BCUT2D eigenvalue weighted by Crippen LogP contribution is -2.23. The molecule has 1 unspecified atom stereocenters. The Labute approximate surface area is 243 Å². The summed E-state index contributed by atoms with van der Waals surface area (Å²) < 4.78 is 0. The van der Waals surface area contributed by atoms with Gasteiger partial charge in [-0.15, -0.1) is 15.3 Å². The molecule has 0 saturated carbocycles. The number of aryl methyl sites for hydroxylation is 2. The molecule has 4 aromatic rings. The SMILES string of the molecule is CC(=O)NCCc1cccc(CC(O)Nc2nnc(CCCCc3ccc(NC(=O)Cc4ccccc4)nn3)s2)c1. The maximum atomic E-state index is 12.2. The number of anilines is 2. The fraction of sp³-hybridized carbons (Fsp3) is 0.333. The number of aromatic nitrogens is 4. The van der Waals surface area contributed by atoms with Gasteiger partial charge < -0.3 is 21.1 Å². The van der Waals surface area contributed by atoms with Gasteiger partial charge in [-0.3, -0.25) is 9.59 Å². The molecule has 4 N–H and O–H groups in total. The van der Waals surface area contributed by atoms with Gasteiger partial charge in [0, 0.05) is 26.3 Å². The molecule has 2 heterocycles. The van der Waals surface area contributed by atoms with E-state index in [1.807, 2.05) is 60.7 Å². The highest BCUT2D eigenvalue weighted by atomic mass is 32.1. The Morgan fingerprint density at radius 2 is 1.63 bits per heavy atom. The van der Waals surface area contributed by atoms with Crippen molar-refractivity contribution in [3.05, 3.63) is 94.1 Å². The topological polar surface area (TPSA) is 142 Å². The molecule has 2 aromatic heterocycles. The number of hydrogen-bond acceptors (Lipinski definition) is 9. The summed E-state index contributed by atoms with van der Waals surface area (Å²) >= 11 is 1.44. The van der Waals surface area contributed by atoms with Crippen LogP contribution in [0.2, 0.25) is 0 Å². The second kappa shape index (κ2) is 15.5. The smallest absolute Gasteiger partial charge is 0.229 e. The molecule has 0 radical (unpaired) electrons. The zero-order valence-corrected chi connectivity index (χ0v) is 23.9. The molecule has 11 heteroatoms. The van der Waals surface area contributed by atoms with Crippen molar-refractivity contribution in [1.29, 1.82) is 0 Å². The number of unbranched alkanes of at least 4 members (excludes halogenated alkanes) is 1. The van der Waals surface area contributed by atoms with Gasteiger partial charge in [-0.1, -0.05) is 65.9 Å². The van der Waals surface area contributed by atoms with E-state index in [4.69, 9.17) is 0 Å². The van der Waals surface area contributed by atoms with Gasteiger partial charge >= 0.3 is 0 Å². The first-order valence-electron chi connectivity index (χ1n) is 13.7. The predicted octanol–water partition coefficient (Wildman–Crippen LogP) is 3.73. The minimum Gasteiger partial charge on any atom is -0.373 e. The van der Waals surface area contributed by atoms with E-state index in [9.17, 15) is 14.7 Å². The van der Waals surface area contributed by atoms with E-state index in [0.717, 1.165) is 59.5 Å². The number of rotatable bonds is 15. The zero-order valence-electron chi connectivity index (χ0n) is 23.0. The molecule has 0 aliphatic heterocycles. The molecule has 0 aliphatic carbocycles. The molecule has 0 aliphatic rings. The second-order valence-electron chi connectivity index (χ2n) is 9.75. The minimum absolute atomic E-state index is 0.0422. The van der Waals surface area contributed by atoms with Crippen LogP contribution in [0.15, 0.2) is 66.7 Å². The van der Waals surface area contributed by atoms with Crippen LogP contribution < -0.4 is 16.0 Å². The Kier molecular flexibility index (Phi) is 11.3. The predicted molar refractivity (Wildman–Crippen MR) is 160 cm³/mol. The number of carbonyl (C=O) groups is 2. The minimum atomic E-state index is -0.786. The summed E-state index contributed by atoms with van der Waals surface area (Å²) in [6.07, 6.45) is 4.07. The van der Waals surface area contributed by atoms with Crippen molar-refractivity contribution in [3.63, 3.8) is 0 Å². The lowest BCUT2D eigenvalue weighted by atomic mass is 10.1. The Bertz CT molecular complexity index is 1400. The summed E-state index contributed by atoms with van der Waals surface area (Å²) in [5, 5.41) is 37.4. The van der Waals surface area contributed by atoms with Gasteiger partial charge in [0.05, 0.1) is 12.1 Å². The van der Waals surface area contributed by atoms with E-state index in [1.165, 1.54) is 18.3 Å². The van der Waals surface area contributed by atoms with Crippen LogP contribution in [0.25, 0.3) is 0 Å². The Hall–Kier alpha value is -4.22. The summed E-state index contributed by atoms with van der Waals surface area (Å²) in [4.78, 5) is 23.3. The molecule has 2 aromatic carbocycles. The van der Waals surface area contributed by atoms with Crippen molar-refractivity contribution in [2.45, 2.75) is 58.1 Å². The van der Waals surface area contributed by atoms with Crippen LogP contribution in [0, 0.1) is 0 Å². The first-order chi connectivity index (χ1) is 19.9. The lowest BCUT2D eigenvalue weighted by Gasteiger charge is -2.12. The fourth-order valence-electron chi connectivity index (χ4n) is 4.24. The van der Waals surface area contributed by atoms with Crippen LogP contribution in [0.5, 0.6) is 0 Å². The Morgan fingerprint density at radius 3 is 2.41 bits per heavy atom. The van der Waals surface area contributed by atoms with E-state index < -0.39 is 6.23 Å². The van der Waals surface area contributed by atoms with E-state index in [-0.39, 0.29) is 11.8 Å². The molecule has 2 amide bonds. The van der Waals surface area contributed by atoms with Crippen molar-refractivity contribution in [3.8, 4) is 0 Å². The molecule has 1 atom stereocenters. The number of nitrogens with one attached hydrogen (secondary N) is 3. The third kappa shape index (κ3) is 10.7. The highest BCUT2D eigenvalue weighted by Gasteiger charge is 2.11. The van der Waals surface area contributed by atoms with Crippen LogP contribution in [0.1, 0.15) is 47.2 Å². The number of nitrogens with zero attached hydrogens (tertiary/aromatic N) is 4. The third-order valence-electron chi connectivity index (χ3n) is 6.23. The van der Waals surface area contributed by atoms with Gasteiger partial charge in [0.15, 0.2) is 5.82 Å². The normalized spacial score (nSPS) is 11.6. The van der Waals surface area contributed by atoms with Crippen molar-refractivity contribution >= 4 is 34.1 Å². The number of aliphatic hydroxyl groups is 1. The fourth-order valence-corrected chi connectivity index (χ4v) is 5.06. The van der Waals surface area contributed by atoms with Crippen LogP contribution in [0.4, 0.5) is 10.9 Å². The van der Waals surface area contributed by atoms with Crippen LogP contribution in [0.3, 0.4) is 0 Å². The molecular weight excluding hydrogens is 538 g/mol.